The minimum absolute atomic E-state index is 0.0771. The van der Waals surface area contributed by atoms with Gasteiger partial charge in [-0.3, -0.25) is 4.79 Å². The summed E-state index contributed by atoms with van der Waals surface area (Å²) in [4.78, 5) is 10.6. The maximum Gasteiger partial charge on any atom is 0.255 e. The highest BCUT2D eigenvalue weighted by atomic mass is 16.5. The topological polar surface area (TPSA) is 64.3 Å². The van der Waals surface area contributed by atoms with Gasteiger partial charge in [-0.05, 0) is 50.3 Å². The Labute approximate surface area is 114 Å². The van der Waals surface area contributed by atoms with Gasteiger partial charge in [0.05, 0.1) is 0 Å². The van der Waals surface area contributed by atoms with Crippen LogP contribution in [0.2, 0.25) is 0 Å². The lowest BCUT2D eigenvalue weighted by molar-refractivity contribution is -0.119. The zero-order valence-corrected chi connectivity index (χ0v) is 11.6. The third-order valence-corrected chi connectivity index (χ3v) is 3.65. The van der Waals surface area contributed by atoms with E-state index in [2.05, 4.69) is 19.2 Å². The monoisotopic (exact) mass is 262 g/mol. The highest BCUT2D eigenvalue weighted by Crippen LogP contribution is 2.39. The Kier molecular flexibility index (Phi) is 4.10. The van der Waals surface area contributed by atoms with Crippen LogP contribution >= 0.6 is 0 Å². The molecule has 4 heteroatoms. The minimum Gasteiger partial charge on any atom is -0.484 e. The maximum atomic E-state index is 10.6. The fourth-order valence-corrected chi connectivity index (χ4v) is 2.14. The summed E-state index contributed by atoms with van der Waals surface area (Å²) < 4.78 is 5.22. The number of carbonyl (C=O) groups is 1. The first-order valence-electron chi connectivity index (χ1n) is 6.72. The predicted octanol–water partition coefficient (Wildman–Crippen LogP) is 1.83. The molecular weight excluding hydrogens is 240 g/mol. The molecule has 3 N–H and O–H groups in total. The van der Waals surface area contributed by atoms with Gasteiger partial charge in [-0.25, -0.2) is 0 Å². The second kappa shape index (κ2) is 5.61. The molecule has 0 aliphatic heterocycles. The van der Waals surface area contributed by atoms with Crippen LogP contribution in [-0.2, 0) is 11.3 Å². The number of ether oxygens (including phenoxy) is 1. The molecule has 0 aromatic heterocycles. The fourth-order valence-electron chi connectivity index (χ4n) is 2.14. The molecule has 1 aromatic rings. The van der Waals surface area contributed by atoms with E-state index in [1.54, 1.807) is 0 Å². The van der Waals surface area contributed by atoms with E-state index >= 15 is 0 Å². The van der Waals surface area contributed by atoms with Crippen molar-refractivity contribution in [3.8, 4) is 5.75 Å². The third-order valence-electron chi connectivity index (χ3n) is 3.65. The van der Waals surface area contributed by atoms with Crippen molar-refractivity contribution in [2.45, 2.75) is 38.8 Å². The Hall–Kier alpha value is -1.55. The van der Waals surface area contributed by atoms with Crippen LogP contribution in [0.4, 0.5) is 0 Å². The number of primary amides is 1. The summed E-state index contributed by atoms with van der Waals surface area (Å²) in [5.74, 6) is 1.02. The van der Waals surface area contributed by atoms with Crippen molar-refractivity contribution in [1.29, 1.82) is 0 Å². The summed E-state index contributed by atoms with van der Waals surface area (Å²) in [6, 6.07) is 7.74. The van der Waals surface area contributed by atoms with E-state index in [1.807, 2.05) is 24.3 Å². The standard InChI is InChI=1S/C15H22N2O2/c1-15(2,12-5-6-12)17-9-11-3-7-13(8-4-11)19-10-14(16)18/h3-4,7-8,12,17H,5-6,9-10H2,1-2H3,(H2,16,18). The lowest BCUT2D eigenvalue weighted by atomic mass is 9.98. The first-order chi connectivity index (χ1) is 8.97. The van der Waals surface area contributed by atoms with E-state index in [0.717, 1.165) is 12.5 Å². The molecule has 0 radical (unpaired) electrons. The summed E-state index contributed by atoms with van der Waals surface area (Å²) in [6.07, 6.45) is 2.67. The van der Waals surface area contributed by atoms with Crippen LogP contribution in [0, 0.1) is 5.92 Å². The number of benzene rings is 1. The van der Waals surface area contributed by atoms with Crippen LogP contribution in [0.1, 0.15) is 32.3 Å². The molecule has 104 valence electrons. The second-order valence-electron chi connectivity index (χ2n) is 5.75. The van der Waals surface area contributed by atoms with Gasteiger partial charge in [0.2, 0.25) is 0 Å². The van der Waals surface area contributed by atoms with Crippen LogP contribution < -0.4 is 15.8 Å². The normalized spacial score (nSPS) is 15.3. The van der Waals surface area contributed by atoms with Gasteiger partial charge < -0.3 is 15.8 Å². The van der Waals surface area contributed by atoms with Crippen LogP contribution in [0.25, 0.3) is 0 Å². The van der Waals surface area contributed by atoms with E-state index in [4.69, 9.17) is 10.5 Å². The van der Waals surface area contributed by atoms with E-state index in [1.165, 1.54) is 18.4 Å². The molecule has 1 aliphatic carbocycles. The number of nitrogens with one attached hydrogen (secondary N) is 1. The Bertz CT molecular complexity index is 436. The Balaban J connectivity index is 1.82. The van der Waals surface area contributed by atoms with Gasteiger partial charge in [-0.15, -0.1) is 0 Å². The smallest absolute Gasteiger partial charge is 0.255 e. The van der Waals surface area contributed by atoms with Crippen molar-refractivity contribution in [1.82, 2.24) is 5.32 Å². The highest BCUT2D eigenvalue weighted by Gasteiger charge is 2.36. The van der Waals surface area contributed by atoms with Crippen molar-refractivity contribution in [3.05, 3.63) is 29.8 Å². The molecule has 4 nitrogen and oxygen atoms in total. The lowest BCUT2D eigenvalue weighted by Crippen LogP contribution is -2.40. The molecule has 0 saturated heterocycles. The van der Waals surface area contributed by atoms with E-state index in [-0.39, 0.29) is 12.1 Å². The van der Waals surface area contributed by atoms with Gasteiger partial charge >= 0.3 is 0 Å². The maximum absolute atomic E-state index is 10.6. The number of hydrogen-bond acceptors (Lipinski definition) is 3. The summed E-state index contributed by atoms with van der Waals surface area (Å²) in [5.41, 5.74) is 6.44. The first kappa shape index (κ1) is 13.9. The molecule has 0 bridgehead atoms. The van der Waals surface area contributed by atoms with Crippen LogP contribution in [-0.4, -0.2) is 18.1 Å². The second-order valence-corrected chi connectivity index (χ2v) is 5.75. The fraction of sp³-hybridized carbons (Fsp3) is 0.533. The van der Waals surface area contributed by atoms with Gasteiger partial charge in [0.1, 0.15) is 5.75 Å². The Morgan fingerprint density at radius 2 is 2.00 bits per heavy atom. The van der Waals surface area contributed by atoms with Crippen molar-refractivity contribution < 1.29 is 9.53 Å². The highest BCUT2D eigenvalue weighted by molar-refractivity contribution is 5.75. The average molecular weight is 262 g/mol. The molecule has 1 aliphatic rings. The Morgan fingerprint density at radius 3 is 2.53 bits per heavy atom. The van der Waals surface area contributed by atoms with E-state index < -0.39 is 5.91 Å². The van der Waals surface area contributed by atoms with Crippen molar-refractivity contribution in [3.63, 3.8) is 0 Å². The molecule has 1 saturated carbocycles. The Morgan fingerprint density at radius 1 is 1.37 bits per heavy atom. The molecule has 0 atom stereocenters. The van der Waals surface area contributed by atoms with Gasteiger partial charge in [0.25, 0.3) is 5.91 Å². The van der Waals surface area contributed by atoms with E-state index in [9.17, 15) is 4.79 Å². The molecule has 1 fully saturated rings. The molecule has 1 amide bonds. The van der Waals surface area contributed by atoms with Gasteiger partial charge in [0, 0.05) is 12.1 Å². The van der Waals surface area contributed by atoms with Crippen LogP contribution in [0.15, 0.2) is 24.3 Å². The van der Waals surface area contributed by atoms with Crippen LogP contribution in [0.5, 0.6) is 5.75 Å². The number of carbonyl (C=O) groups excluding carboxylic acids is 1. The molecule has 2 rings (SSSR count). The quantitative estimate of drug-likeness (QED) is 0.788. The predicted molar refractivity (Wildman–Crippen MR) is 74.8 cm³/mol. The molecule has 19 heavy (non-hydrogen) atoms. The van der Waals surface area contributed by atoms with Gasteiger partial charge in [-0.2, -0.15) is 0 Å². The zero-order chi connectivity index (χ0) is 13.9. The zero-order valence-electron chi connectivity index (χ0n) is 11.6. The molecule has 0 unspecified atom stereocenters. The van der Waals surface area contributed by atoms with Crippen LogP contribution in [0.3, 0.4) is 0 Å². The average Bonchev–Trinajstić information content (AvgIpc) is 3.20. The summed E-state index contributed by atoms with van der Waals surface area (Å²) >= 11 is 0. The SMILES string of the molecule is CC(C)(NCc1ccc(OCC(N)=O)cc1)C1CC1. The van der Waals surface area contributed by atoms with E-state index in [0.29, 0.717) is 5.75 Å². The minimum atomic E-state index is -0.461. The molecular formula is C15H22N2O2. The summed E-state index contributed by atoms with van der Waals surface area (Å²) in [5, 5.41) is 3.59. The molecule has 1 aromatic carbocycles. The largest absolute Gasteiger partial charge is 0.484 e. The van der Waals surface area contributed by atoms with Crippen molar-refractivity contribution in [2.24, 2.45) is 11.7 Å². The number of hydrogen-bond donors (Lipinski definition) is 2. The summed E-state index contributed by atoms with van der Waals surface area (Å²) in [7, 11) is 0. The summed E-state index contributed by atoms with van der Waals surface area (Å²) in [6.45, 7) is 5.29. The van der Waals surface area contributed by atoms with Crippen molar-refractivity contribution >= 4 is 5.91 Å². The number of nitrogens with two attached hydrogens (primary N) is 1. The third kappa shape index (κ3) is 4.24. The lowest BCUT2D eigenvalue weighted by Gasteiger charge is -2.26. The van der Waals surface area contributed by atoms with Crippen molar-refractivity contribution in [2.75, 3.05) is 6.61 Å². The number of amides is 1. The number of rotatable bonds is 7. The molecule has 0 spiro atoms. The molecule has 0 heterocycles. The first-order valence-corrected chi connectivity index (χ1v) is 6.72. The van der Waals surface area contributed by atoms with Gasteiger partial charge in [0.15, 0.2) is 6.61 Å². The van der Waals surface area contributed by atoms with Gasteiger partial charge in [-0.1, -0.05) is 12.1 Å².